The molecule has 0 aliphatic carbocycles. The summed E-state index contributed by atoms with van der Waals surface area (Å²) in [5, 5.41) is 0. The summed E-state index contributed by atoms with van der Waals surface area (Å²) in [6.07, 6.45) is 0.946. The van der Waals surface area contributed by atoms with Crippen molar-refractivity contribution in [2.45, 2.75) is 20.1 Å². The molecule has 0 N–H and O–H groups in total. The third-order valence-corrected chi connectivity index (χ3v) is 2.12. The highest BCUT2D eigenvalue weighted by Gasteiger charge is 2.18. The maximum absolute atomic E-state index is 11.5. The van der Waals surface area contributed by atoms with Crippen LogP contribution in [-0.2, 0) is 19.1 Å². The number of carbonyl (C=O) groups is 2. The predicted molar refractivity (Wildman–Crippen MR) is 64.2 cm³/mol. The Morgan fingerprint density at radius 1 is 1.47 bits per heavy atom. The van der Waals surface area contributed by atoms with Gasteiger partial charge in [0.05, 0.1) is 18.8 Å². The van der Waals surface area contributed by atoms with Crippen molar-refractivity contribution in [3.63, 3.8) is 0 Å². The maximum Gasteiger partial charge on any atom is 0.337 e. The van der Waals surface area contributed by atoms with Crippen molar-refractivity contribution in [2.24, 2.45) is 0 Å². The number of ether oxygens (including phenoxy) is 2. The number of carbonyl (C=O) groups excluding carboxylic acids is 2. The molecule has 0 heterocycles. The molecule has 0 aliphatic rings. The number of nitrogens with zero attached hydrogens (tertiary/aromatic N) is 1. The molecule has 0 aromatic carbocycles. The van der Waals surface area contributed by atoms with Gasteiger partial charge in [-0.15, -0.1) is 6.58 Å². The molecule has 5 heteroatoms. The predicted octanol–water partition coefficient (Wildman–Crippen LogP) is 1.11. The number of hydrogen-bond acceptors (Lipinski definition) is 4. The number of hydrogen-bond donors (Lipinski definition) is 0. The van der Waals surface area contributed by atoms with E-state index in [1.165, 1.54) is 11.8 Å². The van der Waals surface area contributed by atoms with E-state index in [9.17, 15) is 9.59 Å². The molecule has 17 heavy (non-hydrogen) atoms. The Morgan fingerprint density at radius 2 is 2.06 bits per heavy atom. The smallest absolute Gasteiger partial charge is 0.337 e. The lowest BCUT2D eigenvalue weighted by molar-refractivity contribution is -0.157. The van der Waals surface area contributed by atoms with E-state index in [0.29, 0.717) is 6.61 Å². The molecule has 5 nitrogen and oxygen atoms in total. The highest BCUT2D eigenvalue weighted by Crippen LogP contribution is 2.03. The summed E-state index contributed by atoms with van der Waals surface area (Å²) in [5.74, 6) is -0.756. The van der Waals surface area contributed by atoms with Crippen LogP contribution < -0.4 is 0 Å². The number of amides is 1. The fraction of sp³-hybridized carbons (Fsp3) is 0.500. The maximum atomic E-state index is 11.5. The van der Waals surface area contributed by atoms with Gasteiger partial charge in [-0.3, -0.25) is 4.79 Å². The van der Waals surface area contributed by atoms with Gasteiger partial charge in [0.15, 0.2) is 6.23 Å². The van der Waals surface area contributed by atoms with Crippen molar-refractivity contribution < 1.29 is 19.1 Å². The van der Waals surface area contributed by atoms with Crippen LogP contribution in [-0.4, -0.2) is 43.3 Å². The second kappa shape index (κ2) is 7.62. The van der Waals surface area contributed by atoms with Gasteiger partial charge < -0.3 is 14.4 Å². The molecule has 0 radical (unpaired) electrons. The molecule has 0 spiro atoms. The highest BCUT2D eigenvalue weighted by atomic mass is 16.6. The molecule has 0 saturated carbocycles. The molecule has 1 amide bonds. The van der Waals surface area contributed by atoms with Gasteiger partial charge in [-0.2, -0.15) is 0 Å². The van der Waals surface area contributed by atoms with Crippen molar-refractivity contribution >= 4 is 11.9 Å². The van der Waals surface area contributed by atoms with Crippen molar-refractivity contribution in [3.8, 4) is 0 Å². The van der Waals surface area contributed by atoms with Crippen LogP contribution in [0, 0.1) is 0 Å². The molecule has 1 unspecified atom stereocenters. The Kier molecular flexibility index (Phi) is 6.89. The fourth-order valence-electron chi connectivity index (χ4n) is 0.898. The zero-order valence-corrected chi connectivity index (χ0v) is 10.6. The molecule has 0 rings (SSSR count). The summed E-state index contributed by atoms with van der Waals surface area (Å²) in [5.41, 5.74) is 0.204. The van der Waals surface area contributed by atoms with Crippen LogP contribution in [0.15, 0.2) is 24.8 Å². The largest absolute Gasteiger partial charge is 0.438 e. The monoisotopic (exact) mass is 241 g/mol. The van der Waals surface area contributed by atoms with E-state index >= 15 is 0 Å². The van der Waals surface area contributed by atoms with Crippen LogP contribution in [0.25, 0.3) is 0 Å². The summed E-state index contributed by atoms with van der Waals surface area (Å²) in [6.45, 7) is 10.5. The van der Waals surface area contributed by atoms with Crippen molar-refractivity contribution in [3.05, 3.63) is 24.8 Å². The Hall–Kier alpha value is -1.62. The highest BCUT2D eigenvalue weighted by molar-refractivity contribution is 5.88. The molecular formula is C12H19NO4. The zero-order valence-electron chi connectivity index (χ0n) is 10.6. The van der Waals surface area contributed by atoms with Crippen LogP contribution in [0.2, 0.25) is 0 Å². The van der Waals surface area contributed by atoms with Crippen LogP contribution >= 0.6 is 0 Å². The SMILES string of the molecule is C=CCOCC(=C)C(=O)OC(C)N(C)C(C)=O. The number of rotatable bonds is 7. The van der Waals surface area contributed by atoms with Gasteiger partial charge in [-0.05, 0) is 6.92 Å². The van der Waals surface area contributed by atoms with Gasteiger partial charge in [0.25, 0.3) is 0 Å². The van der Waals surface area contributed by atoms with Gasteiger partial charge in [-0.1, -0.05) is 12.7 Å². The second-order valence-electron chi connectivity index (χ2n) is 3.54. The Balaban J connectivity index is 4.11. The van der Waals surface area contributed by atoms with Crippen LogP contribution in [0.5, 0.6) is 0 Å². The Morgan fingerprint density at radius 3 is 2.53 bits per heavy atom. The van der Waals surface area contributed by atoms with E-state index in [0.717, 1.165) is 0 Å². The van der Waals surface area contributed by atoms with Crippen molar-refractivity contribution in [1.29, 1.82) is 0 Å². The summed E-state index contributed by atoms with van der Waals surface area (Å²) in [7, 11) is 1.55. The number of esters is 1. The first-order valence-electron chi connectivity index (χ1n) is 5.21. The minimum Gasteiger partial charge on any atom is -0.438 e. The lowest BCUT2D eigenvalue weighted by Gasteiger charge is -2.23. The average molecular weight is 241 g/mol. The van der Waals surface area contributed by atoms with E-state index < -0.39 is 12.2 Å². The summed E-state index contributed by atoms with van der Waals surface area (Å²) >= 11 is 0. The summed E-state index contributed by atoms with van der Waals surface area (Å²) in [4.78, 5) is 23.8. The van der Waals surface area contributed by atoms with Crippen LogP contribution in [0.1, 0.15) is 13.8 Å². The molecular weight excluding hydrogens is 222 g/mol. The van der Waals surface area contributed by atoms with E-state index in [1.54, 1.807) is 20.0 Å². The minimum absolute atomic E-state index is 0.0847. The molecule has 0 aromatic heterocycles. The van der Waals surface area contributed by atoms with E-state index in [4.69, 9.17) is 9.47 Å². The lowest BCUT2D eigenvalue weighted by Crippen LogP contribution is -2.37. The fourth-order valence-corrected chi connectivity index (χ4v) is 0.898. The zero-order chi connectivity index (χ0) is 13.4. The normalized spacial score (nSPS) is 11.5. The van der Waals surface area contributed by atoms with E-state index in [1.807, 2.05) is 0 Å². The third-order valence-electron chi connectivity index (χ3n) is 2.12. The molecule has 0 fully saturated rings. The van der Waals surface area contributed by atoms with Crippen LogP contribution in [0.3, 0.4) is 0 Å². The van der Waals surface area contributed by atoms with Crippen LogP contribution in [0.4, 0.5) is 0 Å². The second-order valence-corrected chi connectivity index (χ2v) is 3.54. The average Bonchev–Trinajstić information content (AvgIpc) is 2.27. The van der Waals surface area contributed by atoms with E-state index in [2.05, 4.69) is 13.2 Å². The van der Waals surface area contributed by atoms with Crippen molar-refractivity contribution in [1.82, 2.24) is 4.90 Å². The molecule has 0 aliphatic heterocycles. The topological polar surface area (TPSA) is 55.8 Å². The lowest BCUT2D eigenvalue weighted by atomic mass is 10.3. The first-order valence-corrected chi connectivity index (χ1v) is 5.21. The van der Waals surface area contributed by atoms with Gasteiger partial charge in [0.2, 0.25) is 5.91 Å². The first kappa shape index (κ1) is 15.4. The van der Waals surface area contributed by atoms with Gasteiger partial charge >= 0.3 is 5.97 Å². The van der Waals surface area contributed by atoms with E-state index in [-0.39, 0.29) is 18.1 Å². The van der Waals surface area contributed by atoms with Gasteiger partial charge in [0, 0.05) is 14.0 Å². The summed E-state index contributed by atoms with van der Waals surface area (Å²) in [6, 6.07) is 0. The Labute approximate surface area is 102 Å². The molecule has 0 bridgehead atoms. The summed E-state index contributed by atoms with van der Waals surface area (Å²) < 4.78 is 10.1. The quantitative estimate of drug-likeness (QED) is 0.220. The Bertz CT molecular complexity index is 312. The van der Waals surface area contributed by atoms with Crippen molar-refractivity contribution in [2.75, 3.05) is 20.3 Å². The first-order chi connectivity index (χ1) is 7.90. The molecule has 1 atom stereocenters. The third kappa shape index (κ3) is 5.87. The molecule has 0 saturated heterocycles. The molecule has 0 aromatic rings. The standard InChI is InChI=1S/C12H19NO4/c1-6-7-16-8-9(2)12(15)17-11(4)13(5)10(3)14/h6,11H,1-2,7-8H2,3-5H3. The molecule has 96 valence electrons. The van der Waals surface area contributed by atoms with Gasteiger partial charge in [0.1, 0.15) is 0 Å². The minimum atomic E-state index is -0.629. The van der Waals surface area contributed by atoms with Gasteiger partial charge in [-0.25, -0.2) is 4.79 Å².